The number of carbonyl (C=O) groups is 1. The number of methoxy groups -OCH3 is 1. The maximum Gasteiger partial charge on any atom is 0.251 e. The molecule has 1 amide bonds. The first kappa shape index (κ1) is 25.5. The van der Waals surface area contributed by atoms with Crippen molar-refractivity contribution in [2.45, 2.75) is 20.0 Å². The van der Waals surface area contributed by atoms with Crippen LogP contribution in [0, 0.1) is 0 Å². The van der Waals surface area contributed by atoms with Gasteiger partial charge in [0, 0.05) is 25.2 Å². The largest absolute Gasteiger partial charge is 0.493 e. The Balaban J connectivity index is 0.00000450. The lowest BCUT2D eigenvalue weighted by molar-refractivity contribution is 0.0954. The number of aliphatic imine (C=N–C) groups is 1. The molecule has 8 heteroatoms. The fourth-order valence-corrected chi connectivity index (χ4v) is 2.58. The Morgan fingerprint density at radius 1 is 0.967 bits per heavy atom. The molecule has 2 rings (SSSR count). The molecular weight excluding hydrogens is 495 g/mol. The molecule has 0 aromatic heterocycles. The van der Waals surface area contributed by atoms with E-state index in [1.165, 1.54) is 0 Å². The number of rotatable bonds is 10. The minimum Gasteiger partial charge on any atom is -0.493 e. The second-order valence-electron chi connectivity index (χ2n) is 6.35. The average molecular weight is 526 g/mol. The lowest BCUT2D eigenvalue weighted by Crippen LogP contribution is -2.42. The molecule has 1 unspecified atom stereocenters. The van der Waals surface area contributed by atoms with Crippen LogP contribution in [0.2, 0.25) is 0 Å². The minimum absolute atomic E-state index is 0. The van der Waals surface area contributed by atoms with Crippen molar-refractivity contribution in [2.75, 3.05) is 33.3 Å². The molecule has 2 aromatic rings. The normalized spacial score (nSPS) is 11.6. The second-order valence-corrected chi connectivity index (χ2v) is 6.35. The van der Waals surface area contributed by atoms with Gasteiger partial charge in [-0.15, -0.1) is 24.0 Å². The van der Waals surface area contributed by atoms with Crippen LogP contribution in [-0.2, 0) is 0 Å². The number of hydrogen-bond donors (Lipinski definition) is 3. The number of nitrogens with zero attached hydrogens (tertiary/aromatic N) is 1. The number of amides is 1. The number of guanidine groups is 1. The van der Waals surface area contributed by atoms with Crippen molar-refractivity contribution in [3.8, 4) is 11.5 Å². The zero-order chi connectivity index (χ0) is 20.9. The van der Waals surface area contributed by atoms with E-state index in [1.54, 1.807) is 19.2 Å². The third-order valence-corrected chi connectivity index (χ3v) is 3.99. The Bertz CT molecular complexity index is 787. The SMILES string of the molecule is CCNC(=NCC(C)Oc1ccccc1OC)NCCNC(=O)c1ccccc1.I. The average Bonchev–Trinajstić information content (AvgIpc) is 2.75. The Labute approximate surface area is 195 Å². The summed E-state index contributed by atoms with van der Waals surface area (Å²) in [6, 6.07) is 16.7. The van der Waals surface area contributed by atoms with Crippen LogP contribution in [0.15, 0.2) is 59.6 Å². The van der Waals surface area contributed by atoms with Gasteiger partial charge >= 0.3 is 0 Å². The van der Waals surface area contributed by atoms with E-state index in [4.69, 9.17) is 9.47 Å². The van der Waals surface area contributed by atoms with Crippen LogP contribution < -0.4 is 25.4 Å². The van der Waals surface area contributed by atoms with E-state index in [-0.39, 0.29) is 36.0 Å². The number of halogens is 1. The third kappa shape index (κ3) is 8.89. The maximum atomic E-state index is 12.0. The highest BCUT2D eigenvalue weighted by molar-refractivity contribution is 14.0. The summed E-state index contributed by atoms with van der Waals surface area (Å²) >= 11 is 0. The molecular formula is C22H31IN4O3. The maximum absolute atomic E-state index is 12.0. The summed E-state index contributed by atoms with van der Waals surface area (Å²) in [5.74, 6) is 1.98. The van der Waals surface area contributed by atoms with Crippen molar-refractivity contribution in [1.82, 2.24) is 16.0 Å². The standard InChI is InChI=1S/C22H30N4O3.HI/c1-4-23-22(25-15-14-24-21(27)18-10-6-5-7-11-18)26-16-17(2)29-20-13-9-8-12-19(20)28-3;/h5-13,17H,4,14-16H2,1-3H3,(H,24,27)(H2,23,25,26);1H. The van der Waals surface area contributed by atoms with E-state index < -0.39 is 0 Å². The molecule has 0 spiro atoms. The number of para-hydroxylation sites is 2. The van der Waals surface area contributed by atoms with E-state index >= 15 is 0 Å². The summed E-state index contributed by atoms with van der Waals surface area (Å²) in [5.41, 5.74) is 0.649. The van der Waals surface area contributed by atoms with Crippen molar-refractivity contribution in [3.63, 3.8) is 0 Å². The van der Waals surface area contributed by atoms with Gasteiger partial charge in [0.15, 0.2) is 17.5 Å². The van der Waals surface area contributed by atoms with Crippen LogP contribution >= 0.6 is 24.0 Å². The number of ether oxygens (including phenoxy) is 2. The molecule has 1 atom stereocenters. The minimum atomic E-state index is -0.125. The molecule has 30 heavy (non-hydrogen) atoms. The van der Waals surface area contributed by atoms with Crippen molar-refractivity contribution in [1.29, 1.82) is 0 Å². The van der Waals surface area contributed by atoms with E-state index in [0.717, 1.165) is 6.54 Å². The summed E-state index contributed by atoms with van der Waals surface area (Å²) in [4.78, 5) is 16.6. The van der Waals surface area contributed by atoms with Crippen LogP contribution in [0.3, 0.4) is 0 Å². The summed E-state index contributed by atoms with van der Waals surface area (Å²) in [6.07, 6.45) is -0.125. The lowest BCUT2D eigenvalue weighted by Gasteiger charge is -2.17. The zero-order valence-electron chi connectivity index (χ0n) is 17.7. The summed E-state index contributed by atoms with van der Waals surface area (Å²) in [7, 11) is 1.62. The van der Waals surface area contributed by atoms with Crippen molar-refractivity contribution >= 4 is 35.8 Å². The number of nitrogens with one attached hydrogen (secondary N) is 3. The van der Waals surface area contributed by atoms with Crippen LogP contribution in [0.5, 0.6) is 11.5 Å². The van der Waals surface area contributed by atoms with Gasteiger partial charge in [-0.05, 0) is 38.1 Å². The fraction of sp³-hybridized carbons (Fsp3) is 0.364. The Morgan fingerprint density at radius 3 is 2.27 bits per heavy atom. The molecule has 0 fully saturated rings. The van der Waals surface area contributed by atoms with Gasteiger partial charge in [0.25, 0.3) is 5.91 Å². The van der Waals surface area contributed by atoms with Gasteiger partial charge in [-0.2, -0.15) is 0 Å². The van der Waals surface area contributed by atoms with Crippen LogP contribution in [0.4, 0.5) is 0 Å². The molecule has 0 saturated carbocycles. The van der Waals surface area contributed by atoms with Gasteiger partial charge in [-0.1, -0.05) is 30.3 Å². The van der Waals surface area contributed by atoms with E-state index in [9.17, 15) is 4.79 Å². The number of carbonyl (C=O) groups excluding carboxylic acids is 1. The van der Waals surface area contributed by atoms with Gasteiger partial charge in [-0.25, -0.2) is 4.99 Å². The molecule has 0 aliphatic rings. The molecule has 7 nitrogen and oxygen atoms in total. The van der Waals surface area contributed by atoms with Gasteiger partial charge in [0.2, 0.25) is 0 Å². The van der Waals surface area contributed by atoms with Gasteiger partial charge in [0.05, 0.1) is 13.7 Å². The highest BCUT2D eigenvalue weighted by Crippen LogP contribution is 2.26. The lowest BCUT2D eigenvalue weighted by atomic mass is 10.2. The quantitative estimate of drug-likeness (QED) is 0.192. The Morgan fingerprint density at radius 2 is 1.60 bits per heavy atom. The molecule has 0 radical (unpaired) electrons. The zero-order valence-corrected chi connectivity index (χ0v) is 20.0. The van der Waals surface area contributed by atoms with Crippen LogP contribution in [0.25, 0.3) is 0 Å². The predicted molar refractivity (Wildman–Crippen MR) is 131 cm³/mol. The van der Waals surface area contributed by atoms with E-state index in [2.05, 4.69) is 20.9 Å². The topological polar surface area (TPSA) is 84.0 Å². The summed E-state index contributed by atoms with van der Waals surface area (Å²) in [6.45, 7) is 6.23. The fourth-order valence-electron chi connectivity index (χ4n) is 2.58. The van der Waals surface area contributed by atoms with Crippen molar-refractivity contribution < 1.29 is 14.3 Å². The first-order valence-electron chi connectivity index (χ1n) is 9.79. The summed E-state index contributed by atoms with van der Waals surface area (Å²) in [5, 5.41) is 9.29. The first-order chi connectivity index (χ1) is 14.1. The molecule has 0 bridgehead atoms. The molecule has 0 aliphatic heterocycles. The summed E-state index contributed by atoms with van der Waals surface area (Å²) < 4.78 is 11.2. The molecule has 164 valence electrons. The predicted octanol–water partition coefficient (Wildman–Crippen LogP) is 3.07. The second kappa shape index (κ2) is 14.5. The highest BCUT2D eigenvalue weighted by Gasteiger charge is 2.09. The Kier molecular flexibility index (Phi) is 12.3. The Hall–Kier alpha value is -2.49. The van der Waals surface area contributed by atoms with Gasteiger partial charge < -0.3 is 25.4 Å². The third-order valence-electron chi connectivity index (χ3n) is 3.99. The van der Waals surface area contributed by atoms with Gasteiger partial charge in [-0.3, -0.25) is 4.79 Å². The van der Waals surface area contributed by atoms with Crippen molar-refractivity contribution in [3.05, 3.63) is 60.2 Å². The van der Waals surface area contributed by atoms with E-state index in [0.29, 0.717) is 42.7 Å². The molecule has 0 heterocycles. The smallest absolute Gasteiger partial charge is 0.251 e. The van der Waals surface area contributed by atoms with Crippen molar-refractivity contribution in [2.24, 2.45) is 4.99 Å². The highest BCUT2D eigenvalue weighted by atomic mass is 127. The number of hydrogen-bond acceptors (Lipinski definition) is 4. The van der Waals surface area contributed by atoms with Gasteiger partial charge in [0.1, 0.15) is 6.10 Å². The van der Waals surface area contributed by atoms with E-state index in [1.807, 2.05) is 56.3 Å². The molecule has 0 aliphatic carbocycles. The molecule has 3 N–H and O–H groups in total. The molecule has 0 saturated heterocycles. The first-order valence-corrected chi connectivity index (χ1v) is 9.79. The van der Waals surface area contributed by atoms with Crippen LogP contribution in [-0.4, -0.2) is 51.3 Å². The van der Waals surface area contributed by atoms with Crippen LogP contribution in [0.1, 0.15) is 24.2 Å². The number of benzene rings is 2. The monoisotopic (exact) mass is 526 g/mol. The molecule has 2 aromatic carbocycles.